The molecule has 0 bridgehead atoms. The number of hydrogen-bond donors (Lipinski definition) is 2. The van der Waals surface area contributed by atoms with Crippen LogP contribution in [0.4, 0.5) is 4.79 Å². The number of nitrogens with one attached hydrogen (secondary N) is 2. The highest BCUT2D eigenvalue weighted by molar-refractivity contribution is 6.93. The van der Waals surface area contributed by atoms with Crippen molar-refractivity contribution >= 4 is 33.9 Å². The van der Waals surface area contributed by atoms with Gasteiger partial charge >= 0.3 is 4.70 Å². The Kier molecular flexibility index (Phi) is 12.8. The van der Waals surface area contributed by atoms with Crippen LogP contribution in [0.5, 0.6) is 0 Å². The fraction of sp³-hybridized carbons (Fsp3) is 0. The molecule has 0 aromatic carbocycles. The van der Waals surface area contributed by atoms with E-state index in [2.05, 4.69) is 23.2 Å². The minimum absolute atomic E-state index is 0.889. The van der Waals surface area contributed by atoms with Crippen LogP contribution in [0.25, 0.3) is 0 Å². The summed E-state index contributed by atoms with van der Waals surface area (Å²) in [5, 5.41) is 11.2. The molecular weight excluding hydrogens is 139 g/mol. The van der Waals surface area contributed by atoms with Gasteiger partial charge in [-0.2, -0.15) is 0 Å². The Morgan fingerprint density at radius 3 is 1.43 bits per heavy atom. The van der Waals surface area contributed by atoms with E-state index in [4.69, 9.17) is 15.6 Å². The van der Waals surface area contributed by atoms with Gasteiger partial charge in [0, 0.05) is 0 Å². The zero-order valence-corrected chi connectivity index (χ0v) is 4.68. The number of halogens is 2. The lowest BCUT2D eigenvalue weighted by Crippen LogP contribution is -1.46. The molecule has 7 heavy (non-hydrogen) atoms. The second-order valence-electron chi connectivity index (χ2n) is 0.351. The summed E-state index contributed by atoms with van der Waals surface area (Å²) in [6.45, 7) is 0. The molecule has 0 atom stereocenters. The van der Waals surface area contributed by atoms with Crippen molar-refractivity contribution in [2.45, 2.75) is 0 Å². The van der Waals surface area contributed by atoms with Crippen LogP contribution in [-0.4, -0.2) is 10.7 Å². The summed E-state index contributed by atoms with van der Waals surface area (Å²) in [4.78, 5) is 8.98. The van der Waals surface area contributed by atoms with Gasteiger partial charge in [-0.3, -0.25) is 4.79 Å². The predicted molar refractivity (Wildman–Crippen MR) is 27.5 cm³/mol. The summed E-state index contributed by atoms with van der Waals surface area (Å²) < 4.78 is -0.889. The summed E-state index contributed by atoms with van der Waals surface area (Å²) in [6, 6.07) is 1.25. The maximum absolute atomic E-state index is 8.98. The van der Waals surface area contributed by atoms with Crippen molar-refractivity contribution in [1.82, 2.24) is 0 Å². The Hall–Kier alpha value is -0.370. The molecule has 0 saturated carbocycles. The third-order valence-corrected chi connectivity index (χ3v) is 0. The first-order valence-corrected chi connectivity index (χ1v) is 1.84. The molecule has 0 rings (SSSR count). The van der Waals surface area contributed by atoms with Crippen molar-refractivity contribution in [2.24, 2.45) is 0 Å². The summed E-state index contributed by atoms with van der Waals surface area (Å²) in [5.74, 6) is 0. The van der Waals surface area contributed by atoms with E-state index >= 15 is 0 Å². The fourth-order valence-corrected chi connectivity index (χ4v) is 0. The molecule has 0 aromatic rings. The van der Waals surface area contributed by atoms with Crippen molar-refractivity contribution in [1.29, 1.82) is 10.8 Å². The zero-order chi connectivity index (χ0) is 6.28. The van der Waals surface area contributed by atoms with Crippen LogP contribution in [0.15, 0.2) is 0 Å². The normalized spacial score (nSPS) is 4.86. The van der Waals surface area contributed by atoms with Crippen molar-refractivity contribution < 1.29 is 4.79 Å². The molecule has 0 unspecified atom stereocenters. The lowest BCUT2D eigenvalue weighted by molar-refractivity contribution is 0.275. The summed E-state index contributed by atoms with van der Waals surface area (Å²) in [6.07, 6.45) is 0. The van der Waals surface area contributed by atoms with Gasteiger partial charge < -0.3 is 0 Å². The molecule has 5 heteroatoms. The van der Waals surface area contributed by atoms with Gasteiger partial charge in [-0.1, -0.05) is 0 Å². The van der Waals surface area contributed by atoms with Crippen molar-refractivity contribution in [3.8, 4) is 0 Å². The Balaban J connectivity index is 0. The van der Waals surface area contributed by atoms with Crippen molar-refractivity contribution in [3.63, 3.8) is 0 Å². The summed E-state index contributed by atoms with van der Waals surface area (Å²) in [5.41, 5.74) is 0. The highest BCUT2D eigenvalue weighted by Crippen LogP contribution is 1.84. The van der Waals surface area contributed by atoms with Gasteiger partial charge in [0.2, 0.25) is 0 Å². The van der Waals surface area contributed by atoms with Crippen LogP contribution in [0.2, 0.25) is 0 Å². The van der Waals surface area contributed by atoms with Gasteiger partial charge in [-0.25, -0.2) is 10.8 Å². The first-order chi connectivity index (χ1) is 3.15. The van der Waals surface area contributed by atoms with Crippen molar-refractivity contribution in [3.05, 3.63) is 0 Å². The van der Waals surface area contributed by atoms with E-state index in [1.54, 1.807) is 0 Å². The quantitative estimate of drug-likeness (QED) is 0.392. The number of carbonyl (C=O) groups excluding carboxylic acids is 1. The molecule has 0 spiro atoms. The van der Waals surface area contributed by atoms with Gasteiger partial charge in [0.25, 0.3) is 0 Å². The van der Waals surface area contributed by atoms with Crippen LogP contribution >= 0.6 is 23.2 Å². The predicted octanol–water partition coefficient (Wildman–Crippen LogP) is 1.90. The second-order valence-corrected chi connectivity index (χ2v) is 1.23. The molecule has 0 aliphatic rings. The Morgan fingerprint density at radius 2 is 1.43 bits per heavy atom. The SMILES string of the molecule is N=C=N.O=C(Cl)Cl. The second kappa shape index (κ2) is 9.16. The first kappa shape index (κ1) is 9.80. The van der Waals surface area contributed by atoms with Gasteiger partial charge in [-0.05, 0) is 23.2 Å². The largest absolute Gasteiger partial charge is 0.313 e. The third-order valence-electron chi connectivity index (χ3n) is 0. The maximum Gasteiger partial charge on any atom is 0.313 e. The molecule has 0 aliphatic carbocycles. The van der Waals surface area contributed by atoms with Crippen LogP contribution < -0.4 is 0 Å². The lowest BCUT2D eigenvalue weighted by atomic mass is 11.6. The van der Waals surface area contributed by atoms with E-state index in [1.807, 2.05) is 0 Å². The molecule has 0 radical (unpaired) electrons. The van der Waals surface area contributed by atoms with Gasteiger partial charge in [0.1, 0.15) is 0 Å². The Bertz CT molecular complexity index is 81.7. The standard InChI is InChI=1S/CCl2O.CH2N2/c2-1(3)4;2-1-3/h;2-3H. The monoisotopic (exact) mass is 140 g/mol. The van der Waals surface area contributed by atoms with E-state index < -0.39 is 4.70 Å². The molecule has 40 valence electrons. The Morgan fingerprint density at radius 1 is 1.43 bits per heavy atom. The highest BCUT2D eigenvalue weighted by Gasteiger charge is 1.72. The lowest BCUT2D eigenvalue weighted by Gasteiger charge is -1.48. The average Bonchev–Trinajstić information content (AvgIpc) is 1.33. The Labute approximate surface area is 50.2 Å². The third kappa shape index (κ3) is 542. The number of hydrogen-bond acceptors (Lipinski definition) is 3. The minimum Gasteiger partial charge on any atom is -0.262 e. The van der Waals surface area contributed by atoms with E-state index in [0.29, 0.717) is 0 Å². The highest BCUT2D eigenvalue weighted by atomic mass is 35.5. The molecule has 0 heterocycles. The van der Waals surface area contributed by atoms with Gasteiger partial charge in [0.15, 0.2) is 0 Å². The number of rotatable bonds is 0. The fourth-order valence-electron chi connectivity index (χ4n) is 0. The van der Waals surface area contributed by atoms with Gasteiger partial charge in [-0.15, -0.1) is 0 Å². The van der Waals surface area contributed by atoms with E-state index in [9.17, 15) is 0 Å². The molecule has 0 aliphatic heterocycles. The van der Waals surface area contributed by atoms with Crippen LogP contribution in [0.3, 0.4) is 0 Å². The molecule has 0 fully saturated rings. The van der Waals surface area contributed by atoms with Crippen LogP contribution in [-0.2, 0) is 0 Å². The molecule has 0 aromatic heterocycles. The molecule has 0 saturated heterocycles. The minimum atomic E-state index is -0.889. The summed E-state index contributed by atoms with van der Waals surface area (Å²) in [7, 11) is 0. The first-order valence-electron chi connectivity index (χ1n) is 1.08. The molecule has 3 nitrogen and oxygen atoms in total. The van der Waals surface area contributed by atoms with Crippen molar-refractivity contribution in [2.75, 3.05) is 0 Å². The topological polar surface area (TPSA) is 64.8 Å². The van der Waals surface area contributed by atoms with Crippen LogP contribution in [0.1, 0.15) is 0 Å². The smallest absolute Gasteiger partial charge is 0.262 e. The molecule has 0 amide bonds. The zero-order valence-electron chi connectivity index (χ0n) is 3.16. The average molecular weight is 141 g/mol. The van der Waals surface area contributed by atoms with E-state index in [-0.39, 0.29) is 0 Å². The summed E-state index contributed by atoms with van der Waals surface area (Å²) >= 11 is 8.80. The van der Waals surface area contributed by atoms with E-state index in [0.717, 1.165) is 0 Å². The number of carbonyl (C=O) groups is 1. The molecule has 2 N–H and O–H groups in total. The van der Waals surface area contributed by atoms with Gasteiger partial charge in [0.05, 0.1) is 6.01 Å². The maximum atomic E-state index is 8.98. The molecular formula is C2H2Cl2N2O. The van der Waals surface area contributed by atoms with E-state index in [1.165, 1.54) is 6.01 Å². The van der Waals surface area contributed by atoms with Crippen LogP contribution in [0, 0.1) is 10.8 Å².